The monoisotopic (exact) mass is 548 g/mol. The van der Waals surface area contributed by atoms with Crippen molar-refractivity contribution in [3.8, 4) is 5.75 Å². The summed E-state index contributed by atoms with van der Waals surface area (Å²) in [6, 6.07) is 8.71. The minimum Gasteiger partial charge on any atom is 0 e. The predicted molar refractivity (Wildman–Crippen MR) is 90.2 cm³/mol. The van der Waals surface area contributed by atoms with E-state index in [2.05, 4.69) is 60.9 Å². The van der Waals surface area contributed by atoms with E-state index in [0.29, 0.717) is 5.75 Å². The fraction of sp³-hybridized carbons (Fsp3) is 0.421. The van der Waals surface area contributed by atoms with Crippen molar-refractivity contribution in [3.63, 3.8) is 0 Å². The largest absolute Gasteiger partial charge is 0 e. The molecule has 0 saturated heterocycles. The molecule has 0 aliphatic heterocycles. The average Bonchev–Trinajstić information content (AvgIpc) is 2.78. The zero-order chi connectivity index (χ0) is 22.4. The Morgan fingerprint density at radius 3 is 0.926 bits per heavy atom. The first-order valence-corrected chi connectivity index (χ1v) is 7.25. The Balaban J connectivity index is -0.0000000398. The zero-order valence-corrected chi connectivity index (χ0v) is 19.0. The molecule has 0 saturated carbocycles. The van der Waals surface area contributed by atoms with Crippen molar-refractivity contribution >= 4 is 0 Å². The van der Waals surface area contributed by atoms with E-state index in [1.807, 2.05) is 6.07 Å². The van der Waals surface area contributed by atoms with Crippen LogP contribution < -0.4 is 0 Å². The molecule has 148 valence electrons. The molecule has 0 heterocycles. The standard InChI is InChI=1S/C8H20N.C6H6O.5CO.W/c1-5-9(6-2,7-3)8-4;7-6-4-2-1-3-5-6;5*1-2;/h5-8H2,1-4H3;1-5,7H;;;;;;/q+1;;;;;;;. The van der Waals surface area contributed by atoms with E-state index in [4.69, 9.17) is 28.4 Å². The molecule has 0 amide bonds. The summed E-state index contributed by atoms with van der Waals surface area (Å²) in [7, 11) is 0. The van der Waals surface area contributed by atoms with Gasteiger partial charge in [0, 0.05) is 21.1 Å². The molecule has 0 bridgehead atoms. The van der Waals surface area contributed by atoms with E-state index in [1.54, 1.807) is 24.3 Å². The summed E-state index contributed by atoms with van der Waals surface area (Å²) >= 11 is 0. The number of phenols is 1. The number of aromatic hydroxyl groups is 1. The first kappa shape index (κ1) is 44.6. The van der Waals surface area contributed by atoms with Gasteiger partial charge in [0.15, 0.2) is 0 Å². The van der Waals surface area contributed by atoms with Crippen molar-refractivity contribution in [2.75, 3.05) is 26.2 Å². The number of phenolic OH excluding ortho intramolecular Hbond substituents is 1. The van der Waals surface area contributed by atoms with Crippen molar-refractivity contribution in [1.29, 1.82) is 0 Å². The van der Waals surface area contributed by atoms with Crippen LogP contribution in [0.2, 0.25) is 0 Å². The minimum absolute atomic E-state index is 0. The molecular formula is C19H26NO6W+. The third-order valence-electron chi connectivity index (χ3n) is 3.44. The van der Waals surface area contributed by atoms with Crippen LogP contribution in [-0.2, 0) is 44.3 Å². The van der Waals surface area contributed by atoms with Crippen LogP contribution in [0.15, 0.2) is 30.3 Å². The van der Waals surface area contributed by atoms with Crippen molar-refractivity contribution in [2.24, 2.45) is 0 Å². The summed E-state index contributed by atoms with van der Waals surface area (Å²) in [6.45, 7) is 36.7. The molecular weight excluding hydrogens is 522 g/mol. The first-order chi connectivity index (χ1) is 12.6. The van der Waals surface area contributed by atoms with E-state index in [1.165, 1.54) is 30.7 Å². The number of rotatable bonds is 4. The second-order valence-electron chi connectivity index (χ2n) is 3.94. The molecule has 0 spiro atoms. The van der Waals surface area contributed by atoms with Gasteiger partial charge in [0.2, 0.25) is 0 Å². The second-order valence-corrected chi connectivity index (χ2v) is 3.94. The molecule has 1 aromatic rings. The maximum Gasteiger partial charge on any atom is 0 e. The van der Waals surface area contributed by atoms with Gasteiger partial charge in [-0.1, -0.05) is 18.2 Å². The SMILES string of the molecule is CC[N+](CC)(CC)CC.Oc1ccccc1.[C-]#[O+].[C-]#[O+].[C-]#[O+].[C-]#[O+].[C-]#[O+].[W]. The van der Waals surface area contributed by atoms with E-state index in [-0.39, 0.29) is 21.1 Å². The van der Waals surface area contributed by atoms with Gasteiger partial charge in [0.1, 0.15) is 5.75 Å². The van der Waals surface area contributed by atoms with Crippen molar-refractivity contribution < 1.29 is 53.9 Å². The Hall–Kier alpha value is -1.63. The van der Waals surface area contributed by atoms with Gasteiger partial charge in [0.25, 0.3) is 0 Å². The summed E-state index contributed by atoms with van der Waals surface area (Å²) in [5.74, 6) is 0.322. The Kier molecular flexibility index (Phi) is 82.1. The van der Waals surface area contributed by atoms with Gasteiger partial charge in [-0.25, -0.2) is 0 Å². The summed E-state index contributed by atoms with van der Waals surface area (Å²) in [4.78, 5) is 0. The van der Waals surface area contributed by atoms with Crippen LogP contribution in [0.1, 0.15) is 27.7 Å². The third-order valence-corrected chi connectivity index (χ3v) is 3.44. The molecule has 0 aliphatic carbocycles. The first-order valence-electron chi connectivity index (χ1n) is 7.25. The topological polar surface area (TPSA) is 120 Å². The van der Waals surface area contributed by atoms with E-state index >= 15 is 0 Å². The number of benzene rings is 1. The summed E-state index contributed by atoms with van der Waals surface area (Å²) in [5, 5.41) is 8.63. The molecule has 0 aromatic heterocycles. The molecule has 0 aliphatic rings. The minimum atomic E-state index is 0. The van der Waals surface area contributed by atoms with Crippen LogP contribution in [0, 0.1) is 33.3 Å². The Labute approximate surface area is 177 Å². The van der Waals surface area contributed by atoms with Crippen LogP contribution in [0.4, 0.5) is 0 Å². The van der Waals surface area contributed by atoms with Crippen LogP contribution in [0.3, 0.4) is 0 Å². The normalized spacial score (nSPS) is 6.59. The van der Waals surface area contributed by atoms with Crippen molar-refractivity contribution in [3.05, 3.63) is 63.6 Å². The van der Waals surface area contributed by atoms with Gasteiger partial charge in [-0.15, -0.1) is 0 Å². The molecule has 0 radical (unpaired) electrons. The van der Waals surface area contributed by atoms with Crippen LogP contribution in [0.25, 0.3) is 0 Å². The second kappa shape index (κ2) is 49.7. The fourth-order valence-electron chi connectivity index (χ4n) is 1.77. The Morgan fingerprint density at radius 2 is 0.852 bits per heavy atom. The van der Waals surface area contributed by atoms with Gasteiger partial charge in [0.05, 0.1) is 26.2 Å². The molecule has 0 atom stereocenters. The summed E-state index contributed by atoms with van der Waals surface area (Å²) in [6.07, 6.45) is 0. The van der Waals surface area contributed by atoms with Gasteiger partial charge < -0.3 is 9.59 Å². The summed E-state index contributed by atoms with van der Waals surface area (Å²) in [5.41, 5.74) is 0. The van der Waals surface area contributed by atoms with Gasteiger partial charge in [-0.2, -0.15) is 0 Å². The summed E-state index contributed by atoms with van der Waals surface area (Å²) < 4.78 is 38.8. The van der Waals surface area contributed by atoms with Crippen molar-refractivity contribution in [2.45, 2.75) is 27.7 Å². The molecule has 1 aromatic carbocycles. The van der Waals surface area contributed by atoms with Crippen LogP contribution in [-0.4, -0.2) is 35.8 Å². The molecule has 1 N–H and O–H groups in total. The van der Waals surface area contributed by atoms with E-state index in [0.717, 1.165) is 0 Å². The van der Waals surface area contributed by atoms with Gasteiger partial charge in [-0.3, -0.25) is 0 Å². The van der Waals surface area contributed by atoms with Crippen LogP contribution >= 0.6 is 0 Å². The predicted octanol–water partition coefficient (Wildman–Crippen LogP) is 3.08. The maximum atomic E-state index is 8.63. The van der Waals surface area contributed by atoms with Crippen molar-refractivity contribution in [1.82, 2.24) is 0 Å². The average molecular weight is 548 g/mol. The van der Waals surface area contributed by atoms with Gasteiger partial charge in [-0.05, 0) is 39.8 Å². The zero-order valence-electron chi connectivity index (χ0n) is 16.1. The smallest absolute Gasteiger partial charge is 0 e. The number of quaternary nitrogens is 1. The Morgan fingerprint density at radius 1 is 0.630 bits per heavy atom. The van der Waals surface area contributed by atoms with Gasteiger partial charge >= 0.3 is 56.5 Å². The van der Waals surface area contributed by atoms with E-state index in [9.17, 15) is 0 Å². The molecule has 1 rings (SSSR count). The molecule has 8 heteroatoms. The molecule has 7 nitrogen and oxygen atoms in total. The van der Waals surface area contributed by atoms with E-state index < -0.39 is 0 Å². The number of para-hydroxylation sites is 1. The molecule has 0 fully saturated rings. The van der Waals surface area contributed by atoms with Crippen LogP contribution in [0.5, 0.6) is 5.75 Å². The number of hydrogen-bond donors (Lipinski definition) is 1. The molecule has 27 heavy (non-hydrogen) atoms. The molecule has 0 unspecified atom stereocenters. The Bertz CT molecular complexity index is 398. The number of nitrogens with zero attached hydrogens (tertiary/aromatic N) is 1. The fourth-order valence-corrected chi connectivity index (χ4v) is 1.77. The quantitative estimate of drug-likeness (QED) is 0.348. The number of hydrogen-bond acceptors (Lipinski definition) is 1. The maximum absolute atomic E-state index is 8.63. The third kappa shape index (κ3) is 36.1.